The third-order valence-corrected chi connectivity index (χ3v) is 6.29. The Hall–Kier alpha value is -3.93. The van der Waals surface area contributed by atoms with Gasteiger partial charge in [0.25, 0.3) is 0 Å². The van der Waals surface area contributed by atoms with Crippen LogP contribution in [0.4, 0.5) is 11.5 Å². The highest BCUT2D eigenvalue weighted by molar-refractivity contribution is 5.92. The average molecular weight is 454 g/mol. The molecule has 8 heteroatoms. The summed E-state index contributed by atoms with van der Waals surface area (Å²) in [5.41, 5.74) is 3.13. The number of terminal acetylenes is 1. The van der Waals surface area contributed by atoms with E-state index in [-0.39, 0.29) is 5.69 Å². The fourth-order valence-corrected chi connectivity index (χ4v) is 4.22. The SMILES string of the molecule is C#Cc1cccc(Nc2ncnc3ccc(-n4ccn(CCN5CCN(C)CC5)c4=O)cc23)c1. The van der Waals surface area contributed by atoms with Crippen LogP contribution in [0.1, 0.15) is 5.56 Å². The van der Waals surface area contributed by atoms with E-state index in [9.17, 15) is 4.79 Å². The highest BCUT2D eigenvalue weighted by Gasteiger charge is 2.15. The van der Waals surface area contributed by atoms with Crippen molar-refractivity contribution in [2.24, 2.45) is 0 Å². The van der Waals surface area contributed by atoms with Gasteiger partial charge in [-0.1, -0.05) is 12.0 Å². The van der Waals surface area contributed by atoms with Crippen molar-refractivity contribution in [2.45, 2.75) is 6.54 Å². The number of nitrogens with zero attached hydrogens (tertiary/aromatic N) is 6. The van der Waals surface area contributed by atoms with Gasteiger partial charge >= 0.3 is 5.69 Å². The molecule has 3 heterocycles. The van der Waals surface area contributed by atoms with Crippen LogP contribution in [-0.2, 0) is 6.54 Å². The van der Waals surface area contributed by atoms with E-state index in [4.69, 9.17) is 6.42 Å². The van der Waals surface area contributed by atoms with Crippen LogP contribution in [0.3, 0.4) is 0 Å². The van der Waals surface area contributed by atoms with E-state index >= 15 is 0 Å². The van der Waals surface area contributed by atoms with Gasteiger partial charge < -0.3 is 10.2 Å². The van der Waals surface area contributed by atoms with Gasteiger partial charge in [-0.05, 0) is 43.4 Å². The summed E-state index contributed by atoms with van der Waals surface area (Å²) < 4.78 is 3.44. The topological polar surface area (TPSA) is 71.2 Å². The van der Waals surface area contributed by atoms with Crippen LogP contribution in [0, 0.1) is 12.3 Å². The van der Waals surface area contributed by atoms with Gasteiger partial charge in [0.2, 0.25) is 0 Å². The molecule has 8 nitrogen and oxygen atoms in total. The molecule has 1 fully saturated rings. The maximum Gasteiger partial charge on any atom is 0.332 e. The zero-order valence-electron chi connectivity index (χ0n) is 19.2. The van der Waals surface area contributed by atoms with Gasteiger partial charge in [0.05, 0.1) is 11.2 Å². The van der Waals surface area contributed by atoms with Crippen molar-refractivity contribution in [3.05, 3.63) is 77.2 Å². The molecule has 2 aromatic heterocycles. The lowest BCUT2D eigenvalue weighted by Crippen LogP contribution is -2.45. The number of benzene rings is 2. The predicted octanol–water partition coefficient (Wildman–Crippen LogP) is 2.55. The largest absolute Gasteiger partial charge is 0.340 e. The zero-order chi connectivity index (χ0) is 23.5. The third kappa shape index (κ3) is 4.57. The lowest BCUT2D eigenvalue weighted by Gasteiger charge is -2.32. The fourth-order valence-electron chi connectivity index (χ4n) is 4.22. The summed E-state index contributed by atoms with van der Waals surface area (Å²) in [6, 6.07) is 13.4. The van der Waals surface area contributed by atoms with Crippen molar-refractivity contribution in [1.29, 1.82) is 0 Å². The number of aromatic nitrogens is 4. The Kier molecular flexibility index (Phi) is 6.12. The molecule has 1 saturated heterocycles. The summed E-state index contributed by atoms with van der Waals surface area (Å²) in [6.07, 6.45) is 10.7. The van der Waals surface area contributed by atoms with Crippen LogP contribution in [0.5, 0.6) is 0 Å². The quantitative estimate of drug-likeness (QED) is 0.453. The summed E-state index contributed by atoms with van der Waals surface area (Å²) in [7, 11) is 2.14. The number of hydrogen-bond acceptors (Lipinski definition) is 6. The fraction of sp³-hybridized carbons (Fsp3) is 0.269. The first kappa shape index (κ1) is 21.9. The Labute approximate surface area is 198 Å². The smallest absolute Gasteiger partial charge is 0.332 e. The Morgan fingerprint density at radius 3 is 2.71 bits per heavy atom. The molecule has 0 radical (unpaired) electrons. The Morgan fingerprint density at radius 1 is 1.03 bits per heavy atom. The Bertz CT molecular complexity index is 1410. The van der Waals surface area contributed by atoms with Crippen LogP contribution in [0.25, 0.3) is 16.6 Å². The molecular formula is C26H27N7O. The second-order valence-electron chi connectivity index (χ2n) is 8.56. The van der Waals surface area contributed by atoms with E-state index < -0.39 is 0 Å². The zero-order valence-corrected chi connectivity index (χ0v) is 19.2. The van der Waals surface area contributed by atoms with Gasteiger partial charge in [0.1, 0.15) is 12.1 Å². The van der Waals surface area contributed by atoms with Gasteiger partial charge in [-0.15, -0.1) is 6.42 Å². The number of hydrogen-bond donors (Lipinski definition) is 1. The summed E-state index contributed by atoms with van der Waals surface area (Å²) in [4.78, 5) is 26.7. The first-order valence-corrected chi connectivity index (χ1v) is 11.4. The number of imidazole rings is 1. The molecule has 0 amide bonds. The number of fused-ring (bicyclic) bond motifs is 1. The van der Waals surface area contributed by atoms with E-state index in [2.05, 4.69) is 38.1 Å². The minimum absolute atomic E-state index is 0.0541. The van der Waals surface area contributed by atoms with Gasteiger partial charge in [-0.3, -0.25) is 14.0 Å². The van der Waals surface area contributed by atoms with Crippen LogP contribution in [0.15, 0.2) is 66.0 Å². The molecule has 0 aliphatic carbocycles. The molecule has 0 bridgehead atoms. The monoisotopic (exact) mass is 453 g/mol. The van der Waals surface area contributed by atoms with Crippen molar-refractivity contribution in [1.82, 2.24) is 28.9 Å². The van der Waals surface area contributed by atoms with Crippen molar-refractivity contribution in [3.8, 4) is 18.0 Å². The van der Waals surface area contributed by atoms with E-state index in [0.29, 0.717) is 12.4 Å². The molecule has 1 aliphatic heterocycles. The molecule has 1 N–H and O–H groups in total. The molecule has 172 valence electrons. The maximum atomic E-state index is 13.1. The lowest BCUT2D eigenvalue weighted by molar-refractivity contribution is 0.149. The highest BCUT2D eigenvalue weighted by atomic mass is 16.1. The first-order chi connectivity index (χ1) is 16.6. The second kappa shape index (κ2) is 9.51. The second-order valence-corrected chi connectivity index (χ2v) is 8.56. The van der Waals surface area contributed by atoms with Crippen molar-refractivity contribution in [3.63, 3.8) is 0 Å². The summed E-state index contributed by atoms with van der Waals surface area (Å²) in [6.45, 7) is 5.75. The first-order valence-electron chi connectivity index (χ1n) is 11.4. The normalized spacial score (nSPS) is 14.8. The minimum Gasteiger partial charge on any atom is -0.340 e. The van der Waals surface area contributed by atoms with Crippen molar-refractivity contribution >= 4 is 22.4 Å². The molecule has 0 atom stereocenters. The van der Waals surface area contributed by atoms with E-state index in [1.54, 1.807) is 9.13 Å². The number of nitrogens with one attached hydrogen (secondary N) is 1. The predicted molar refractivity (Wildman–Crippen MR) is 135 cm³/mol. The molecule has 4 aromatic rings. The Morgan fingerprint density at radius 2 is 1.88 bits per heavy atom. The minimum atomic E-state index is -0.0541. The van der Waals surface area contributed by atoms with E-state index in [1.807, 2.05) is 54.9 Å². The van der Waals surface area contributed by atoms with E-state index in [0.717, 1.165) is 60.6 Å². The Balaban J connectivity index is 1.39. The summed E-state index contributed by atoms with van der Waals surface area (Å²) in [5, 5.41) is 4.15. The molecular weight excluding hydrogens is 426 g/mol. The third-order valence-electron chi connectivity index (χ3n) is 6.29. The lowest BCUT2D eigenvalue weighted by atomic mass is 10.2. The summed E-state index contributed by atoms with van der Waals surface area (Å²) in [5.74, 6) is 3.30. The van der Waals surface area contributed by atoms with Gasteiger partial charge in [-0.25, -0.2) is 14.8 Å². The van der Waals surface area contributed by atoms with Crippen molar-refractivity contribution in [2.75, 3.05) is 45.1 Å². The molecule has 0 saturated carbocycles. The van der Waals surface area contributed by atoms with Crippen LogP contribution in [-0.4, -0.2) is 68.7 Å². The molecule has 0 spiro atoms. The molecule has 0 unspecified atom stereocenters. The van der Waals surface area contributed by atoms with Crippen molar-refractivity contribution < 1.29 is 0 Å². The van der Waals surface area contributed by atoms with E-state index in [1.165, 1.54) is 6.33 Å². The highest BCUT2D eigenvalue weighted by Crippen LogP contribution is 2.25. The van der Waals surface area contributed by atoms with Gasteiger partial charge in [0, 0.05) is 68.3 Å². The molecule has 5 rings (SSSR count). The average Bonchev–Trinajstić information content (AvgIpc) is 3.24. The summed E-state index contributed by atoms with van der Waals surface area (Å²) >= 11 is 0. The van der Waals surface area contributed by atoms with Crippen LogP contribution < -0.4 is 11.0 Å². The van der Waals surface area contributed by atoms with Crippen LogP contribution in [0.2, 0.25) is 0 Å². The molecule has 1 aliphatic rings. The van der Waals surface area contributed by atoms with Gasteiger partial charge in [0.15, 0.2) is 0 Å². The number of anilines is 2. The van der Waals surface area contributed by atoms with Crippen LogP contribution >= 0.6 is 0 Å². The standard InChI is InChI=1S/C26H27N7O/c1-3-20-5-4-6-21(17-20)29-25-23-18-22(7-8-24(23)27-19-28-25)33-16-15-32(26(33)34)14-13-31-11-9-30(2)10-12-31/h1,4-8,15-19H,9-14H2,2H3,(H,27,28,29). The number of piperazine rings is 1. The number of rotatable bonds is 6. The molecule has 34 heavy (non-hydrogen) atoms. The van der Waals surface area contributed by atoms with Gasteiger partial charge in [-0.2, -0.15) is 0 Å². The number of likely N-dealkylation sites (N-methyl/N-ethyl adjacent to an activating group) is 1. The molecule has 2 aromatic carbocycles. The maximum absolute atomic E-state index is 13.1.